The minimum absolute atomic E-state index is 0. The van der Waals surface area contributed by atoms with Crippen LogP contribution in [0.2, 0.25) is 0 Å². The van der Waals surface area contributed by atoms with Gasteiger partial charge in [-0.3, -0.25) is 0 Å². The standard InChI is InChI=1S/C41H57N2P2.C5H5.Fe/c44-41(36-6-8-42-22-36,37-7-9-43-23-37)38-21-30(29-4-2-1-3-5-29)20-35(38)24-45(39-31-12-25-10-26(14-31)15-32(39)13-25)40-33-16-27-11-28(18-33)19-34(40)17-27;1-2-4-5-3-1;/h1-5,20-21,25-28,31-34,36-37,39-40,42-43H,6-19,22-24,44H2;1-5H;/q-1;-5;. The molecule has 2 saturated heterocycles. The summed E-state index contributed by atoms with van der Waals surface area (Å²) in [4.78, 5) is 0. The maximum atomic E-state index is 3.81. The minimum atomic E-state index is -0.0205. The van der Waals surface area contributed by atoms with E-state index in [2.05, 4.69) is 62.3 Å². The monoisotopic (exact) mass is 760 g/mol. The van der Waals surface area contributed by atoms with Crippen molar-refractivity contribution in [1.82, 2.24) is 10.6 Å². The van der Waals surface area contributed by atoms with Crippen molar-refractivity contribution in [2.75, 3.05) is 26.2 Å². The number of hydrogen-bond acceptors (Lipinski definition) is 2. The minimum Gasteiger partial charge on any atom is -0.748 e. The largest absolute Gasteiger partial charge is 0.748 e. The van der Waals surface area contributed by atoms with E-state index in [9.17, 15) is 0 Å². The summed E-state index contributed by atoms with van der Waals surface area (Å²) in [5, 5.41) is 7.80. The van der Waals surface area contributed by atoms with Crippen molar-refractivity contribution in [1.29, 1.82) is 0 Å². The van der Waals surface area contributed by atoms with Gasteiger partial charge in [-0.05, 0) is 185 Å². The smallest absolute Gasteiger partial charge is 0 e. The number of rotatable bonds is 8. The summed E-state index contributed by atoms with van der Waals surface area (Å²) in [6.45, 7) is 4.75. The third-order valence-corrected chi connectivity index (χ3v) is 21.2. The van der Waals surface area contributed by atoms with E-state index in [1.807, 2.05) is 30.3 Å². The molecule has 280 valence electrons. The molecule has 8 bridgehead atoms. The van der Waals surface area contributed by atoms with Gasteiger partial charge in [0.05, 0.1) is 0 Å². The van der Waals surface area contributed by atoms with E-state index in [1.165, 1.54) is 56.3 Å². The van der Waals surface area contributed by atoms with Gasteiger partial charge in [-0.15, -0.1) is 14.8 Å². The summed E-state index contributed by atoms with van der Waals surface area (Å²) in [5.74, 6) is 10.0. The Labute approximate surface area is 323 Å². The Morgan fingerprint density at radius 1 is 0.647 bits per heavy atom. The van der Waals surface area contributed by atoms with E-state index in [4.69, 9.17) is 0 Å². The Morgan fingerprint density at radius 3 is 1.51 bits per heavy atom. The molecule has 2 heterocycles. The van der Waals surface area contributed by atoms with Gasteiger partial charge < -0.3 is 41.0 Å². The van der Waals surface area contributed by atoms with Crippen LogP contribution >= 0.6 is 17.2 Å². The van der Waals surface area contributed by atoms with E-state index < -0.39 is 0 Å². The van der Waals surface area contributed by atoms with Gasteiger partial charge in [-0.2, -0.15) is 17.2 Å². The second kappa shape index (κ2) is 15.0. The topological polar surface area (TPSA) is 24.1 Å². The predicted octanol–water partition coefficient (Wildman–Crippen LogP) is 10.4. The second-order valence-corrected chi connectivity index (χ2v) is 22.3. The second-order valence-electron chi connectivity index (χ2n) is 18.8. The van der Waals surface area contributed by atoms with Gasteiger partial charge in [0.25, 0.3) is 0 Å². The van der Waals surface area contributed by atoms with Crippen molar-refractivity contribution < 1.29 is 17.1 Å². The maximum Gasteiger partial charge on any atom is 0 e. The zero-order chi connectivity index (χ0) is 33.2. The molecule has 13 rings (SSSR count). The van der Waals surface area contributed by atoms with Crippen molar-refractivity contribution >= 4 is 17.2 Å². The molecule has 51 heavy (non-hydrogen) atoms. The Morgan fingerprint density at radius 2 is 1.10 bits per heavy atom. The number of benzene rings is 1. The van der Waals surface area contributed by atoms with Crippen LogP contribution in [0.3, 0.4) is 0 Å². The van der Waals surface area contributed by atoms with Gasteiger partial charge >= 0.3 is 0 Å². The Bertz CT molecular complexity index is 1440. The van der Waals surface area contributed by atoms with Crippen molar-refractivity contribution in [2.24, 2.45) is 59.2 Å². The SMILES string of the molecule is PC([c-]1cc(-c2ccccc2)cc1CP(C1C2CC3CC(C2)CC1C3)C1C2CC3CC(C2)CC1C3)(C1CCNC1)C1CCNC1.[Fe].[cH-]1[cH-][cH-][cH-][cH-]1. The van der Waals surface area contributed by atoms with Crippen molar-refractivity contribution in [2.45, 2.75) is 99.7 Å². The summed E-state index contributed by atoms with van der Waals surface area (Å²) in [6.07, 6.45) is 20.1. The van der Waals surface area contributed by atoms with Crippen LogP contribution < -0.4 is 10.6 Å². The molecule has 3 aromatic rings. The van der Waals surface area contributed by atoms with Crippen LogP contribution in [-0.2, 0) is 28.4 Å². The molecule has 0 radical (unpaired) electrons. The molecular weight excluding hydrogens is 698 g/mol. The van der Waals surface area contributed by atoms with Gasteiger partial charge in [-0.25, -0.2) is 6.07 Å². The molecule has 3 unspecified atom stereocenters. The van der Waals surface area contributed by atoms with Crippen LogP contribution in [0.4, 0.5) is 0 Å². The first-order chi connectivity index (χ1) is 24.6. The van der Waals surface area contributed by atoms with Crippen molar-refractivity contribution in [3.8, 4) is 11.1 Å². The third-order valence-electron chi connectivity index (χ3n) is 16.0. The van der Waals surface area contributed by atoms with Gasteiger partial charge in [0.15, 0.2) is 0 Å². The van der Waals surface area contributed by atoms with Gasteiger partial charge in [0.2, 0.25) is 0 Å². The van der Waals surface area contributed by atoms with E-state index in [0.717, 1.165) is 58.7 Å². The van der Waals surface area contributed by atoms with Crippen molar-refractivity contribution in [3.63, 3.8) is 0 Å². The molecule has 5 heteroatoms. The molecule has 2 nitrogen and oxygen atoms in total. The first-order valence-corrected chi connectivity index (χ1v) is 23.3. The molecular formula is C46H62FeN2P2-6. The van der Waals surface area contributed by atoms with Gasteiger partial charge in [0.1, 0.15) is 0 Å². The predicted molar refractivity (Wildman–Crippen MR) is 215 cm³/mol. The fourth-order valence-corrected chi connectivity index (χ4v) is 20.0. The van der Waals surface area contributed by atoms with E-state index in [-0.39, 0.29) is 30.1 Å². The molecule has 10 aliphatic rings. The van der Waals surface area contributed by atoms with E-state index in [0.29, 0.717) is 11.8 Å². The fraction of sp³-hybridized carbons (Fsp3) is 0.652. The summed E-state index contributed by atoms with van der Waals surface area (Å²) in [7, 11) is 3.60. The van der Waals surface area contributed by atoms with Gasteiger partial charge in [-0.1, -0.05) is 43.8 Å². The number of hydrogen-bond donors (Lipinski definition) is 2. The molecule has 0 aromatic heterocycles. The first-order valence-electron chi connectivity index (χ1n) is 21.1. The Hall–Kier alpha value is -0.781. The molecule has 8 aliphatic carbocycles. The summed E-state index contributed by atoms with van der Waals surface area (Å²) < 4.78 is 0. The molecule has 2 N–H and O–H groups in total. The molecule has 0 spiro atoms. The average Bonchev–Trinajstić information content (AvgIpc) is 3.96. The van der Waals surface area contributed by atoms with Gasteiger partial charge in [0, 0.05) is 17.1 Å². The zero-order valence-corrected chi connectivity index (χ0v) is 33.9. The zero-order valence-electron chi connectivity index (χ0n) is 30.8. The van der Waals surface area contributed by atoms with E-state index >= 15 is 0 Å². The van der Waals surface area contributed by atoms with Crippen LogP contribution in [0.5, 0.6) is 0 Å². The molecule has 8 saturated carbocycles. The van der Waals surface area contributed by atoms with Crippen LogP contribution in [0.15, 0.2) is 72.8 Å². The van der Waals surface area contributed by atoms with Crippen molar-refractivity contribution in [3.05, 3.63) is 83.9 Å². The summed E-state index contributed by atoms with van der Waals surface area (Å²) in [5.41, 5.74) is 8.64. The first kappa shape index (κ1) is 35.9. The molecule has 10 fully saturated rings. The quantitative estimate of drug-likeness (QED) is 0.136. The normalized spacial score (nSPS) is 40.4. The molecule has 3 aromatic carbocycles. The van der Waals surface area contributed by atoms with Crippen LogP contribution in [0.25, 0.3) is 11.1 Å². The Kier molecular flexibility index (Phi) is 10.6. The van der Waals surface area contributed by atoms with E-state index in [1.54, 1.807) is 75.3 Å². The summed E-state index contributed by atoms with van der Waals surface area (Å²) >= 11 is 0. The Balaban J connectivity index is 0.000000537. The molecule has 3 atom stereocenters. The average molecular weight is 761 g/mol. The molecule has 0 amide bonds. The van der Waals surface area contributed by atoms with Crippen LogP contribution in [0, 0.1) is 59.2 Å². The van der Waals surface area contributed by atoms with Crippen LogP contribution in [-0.4, -0.2) is 37.5 Å². The summed E-state index contributed by atoms with van der Waals surface area (Å²) in [6, 6.07) is 27.0. The third kappa shape index (κ3) is 6.68. The molecule has 2 aliphatic heterocycles. The maximum absolute atomic E-state index is 3.81. The van der Waals surface area contributed by atoms with Crippen LogP contribution in [0.1, 0.15) is 88.2 Å². The fourth-order valence-electron chi connectivity index (χ4n) is 14.6. The number of nitrogens with one attached hydrogen (secondary N) is 2.